The normalized spacial score (nSPS) is 17.8. The molecule has 262 valence electrons. The summed E-state index contributed by atoms with van der Waals surface area (Å²) < 4.78 is 16.1. The Balaban J connectivity index is 1.36. The number of ether oxygens (including phenoxy) is 3. The summed E-state index contributed by atoms with van der Waals surface area (Å²) in [7, 11) is 0. The summed E-state index contributed by atoms with van der Waals surface area (Å²) in [6.45, 7) is 12.6. The summed E-state index contributed by atoms with van der Waals surface area (Å²) in [6, 6.07) is 7.68. The van der Waals surface area contributed by atoms with E-state index in [2.05, 4.69) is 25.6 Å². The zero-order chi connectivity index (χ0) is 35.1. The van der Waals surface area contributed by atoms with E-state index in [9.17, 15) is 24.0 Å². The molecule has 0 aliphatic carbocycles. The number of piperazine rings is 1. The van der Waals surface area contributed by atoms with Gasteiger partial charge in [-0.3, -0.25) is 19.3 Å². The van der Waals surface area contributed by atoms with Crippen molar-refractivity contribution in [1.29, 1.82) is 0 Å². The molecule has 2 aromatic rings. The van der Waals surface area contributed by atoms with E-state index in [1.54, 1.807) is 54.8 Å². The van der Waals surface area contributed by atoms with Crippen LogP contribution in [0.25, 0.3) is 0 Å². The van der Waals surface area contributed by atoms with Gasteiger partial charge in [0, 0.05) is 32.7 Å². The fourth-order valence-corrected chi connectivity index (χ4v) is 5.37. The summed E-state index contributed by atoms with van der Waals surface area (Å²) in [4.78, 5) is 71.0. The van der Waals surface area contributed by atoms with Gasteiger partial charge >= 0.3 is 18.2 Å². The van der Waals surface area contributed by atoms with Gasteiger partial charge in [-0.2, -0.15) is 4.80 Å². The smallest absolute Gasteiger partial charge is 0.410 e. The maximum atomic E-state index is 13.5. The fraction of sp³-hybridized carbons (Fsp3) is 0.625. The van der Waals surface area contributed by atoms with Gasteiger partial charge in [0.1, 0.15) is 30.4 Å². The number of benzene rings is 1. The monoisotopic (exact) mass is 670 g/mol. The Morgan fingerprint density at radius 1 is 0.917 bits per heavy atom. The van der Waals surface area contributed by atoms with E-state index in [-0.39, 0.29) is 24.7 Å². The first-order valence-corrected chi connectivity index (χ1v) is 16.1. The molecule has 0 spiro atoms. The van der Waals surface area contributed by atoms with Gasteiger partial charge in [0.25, 0.3) is 11.7 Å². The van der Waals surface area contributed by atoms with Crippen LogP contribution < -0.4 is 5.32 Å². The Morgan fingerprint density at radius 3 is 2.23 bits per heavy atom. The quantitative estimate of drug-likeness (QED) is 0.289. The standard InChI is InChI=1S/C32H46N8O8/c1-31(2,3)47-26(42)19-23(33-29(44)46-21-22-11-8-7-9-12-22)24(41)20-40-35-27(34-36-40)28(43)39-14-10-13-25(39)37-15-17-38(18-16-37)30(45)48-32(4,5)6/h7-9,11-12,23,25H,10,13-21H2,1-6H3,(H,33,44)/t23?,25-/m1/s1. The molecule has 0 saturated carbocycles. The third-order valence-corrected chi connectivity index (χ3v) is 7.50. The van der Waals surface area contributed by atoms with E-state index < -0.39 is 54.0 Å². The molecule has 0 radical (unpaired) electrons. The Labute approximate surface area is 280 Å². The molecule has 4 rings (SSSR count). The molecule has 2 fully saturated rings. The number of carbonyl (C=O) groups excluding carboxylic acids is 5. The lowest BCUT2D eigenvalue weighted by Gasteiger charge is -2.40. The Bertz CT molecular complexity index is 1440. The van der Waals surface area contributed by atoms with Crippen LogP contribution in [0.5, 0.6) is 0 Å². The second-order valence-electron chi connectivity index (χ2n) is 13.8. The van der Waals surface area contributed by atoms with Crippen molar-refractivity contribution in [2.75, 3.05) is 32.7 Å². The third-order valence-electron chi connectivity index (χ3n) is 7.50. The highest BCUT2D eigenvalue weighted by Gasteiger charge is 2.38. The van der Waals surface area contributed by atoms with Crippen LogP contribution in [0.1, 0.15) is 77.0 Å². The van der Waals surface area contributed by atoms with Crippen molar-refractivity contribution in [3.05, 3.63) is 41.7 Å². The zero-order valence-electron chi connectivity index (χ0n) is 28.5. The first kappa shape index (κ1) is 36.2. The van der Waals surface area contributed by atoms with Crippen LogP contribution >= 0.6 is 0 Å². The average molecular weight is 671 g/mol. The van der Waals surface area contributed by atoms with E-state index >= 15 is 0 Å². The highest BCUT2D eigenvalue weighted by atomic mass is 16.6. The zero-order valence-corrected chi connectivity index (χ0v) is 28.5. The van der Waals surface area contributed by atoms with Gasteiger partial charge in [0.05, 0.1) is 12.6 Å². The predicted molar refractivity (Wildman–Crippen MR) is 170 cm³/mol. The number of amides is 3. The maximum absolute atomic E-state index is 13.5. The number of hydrogen-bond donors (Lipinski definition) is 1. The molecule has 2 aliphatic rings. The molecule has 3 heterocycles. The van der Waals surface area contributed by atoms with Gasteiger partial charge in [-0.15, -0.1) is 10.2 Å². The summed E-state index contributed by atoms with van der Waals surface area (Å²) in [6.07, 6.45) is -0.360. The van der Waals surface area contributed by atoms with Gasteiger partial charge in [-0.1, -0.05) is 30.3 Å². The van der Waals surface area contributed by atoms with Gasteiger partial charge in [-0.25, -0.2) is 9.59 Å². The first-order chi connectivity index (χ1) is 22.6. The molecular weight excluding hydrogens is 624 g/mol. The largest absolute Gasteiger partial charge is 0.460 e. The number of carbonyl (C=O) groups is 5. The molecule has 16 nitrogen and oxygen atoms in total. The van der Waals surface area contributed by atoms with Gasteiger partial charge in [-0.05, 0) is 65.2 Å². The fourth-order valence-electron chi connectivity index (χ4n) is 5.37. The van der Waals surface area contributed by atoms with Gasteiger partial charge < -0.3 is 29.3 Å². The van der Waals surface area contributed by atoms with Crippen LogP contribution in [0.3, 0.4) is 0 Å². The lowest BCUT2D eigenvalue weighted by atomic mass is 10.1. The van der Waals surface area contributed by atoms with Crippen molar-refractivity contribution in [3.63, 3.8) is 0 Å². The highest BCUT2D eigenvalue weighted by molar-refractivity contribution is 5.92. The van der Waals surface area contributed by atoms with Crippen LogP contribution in [0, 0.1) is 0 Å². The number of Topliss-reactive ketones (excluding diaryl/α,β-unsaturated/α-hetero) is 1. The summed E-state index contributed by atoms with van der Waals surface area (Å²) in [5.74, 6) is -1.92. The van der Waals surface area contributed by atoms with Crippen molar-refractivity contribution < 1.29 is 38.2 Å². The molecule has 1 aromatic carbocycles. The number of rotatable bonds is 10. The van der Waals surface area contributed by atoms with E-state index in [1.165, 1.54) is 0 Å². The number of alkyl carbamates (subject to hydrolysis) is 1. The van der Waals surface area contributed by atoms with Crippen molar-refractivity contribution in [3.8, 4) is 0 Å². The Kier molecular flexibility index (Phi) is 11.7. The topological polar surface area (TPSA) is 178 Å². The van der Waals surface area contributed by atoms with Crippen LogP contribution in [0.2, 0.25) is 0 Å². The van der Waals surface area contributed by atoms with Gasteiger partial charge in [0.2, 0.25) is 0 Å². The molecular formula is C32H46N8O8. The number of aromatic nitrogens is 4. The average Bonchev–Trinajstić information content (AvgIpc) is 3.69. The molecule has 0 bridgehead atoms. The Morgan fingerprint density at radius 2 is 1.58 bits per heavy atom. The van der Waals surface area contributed by atoms with Crippen LogP contribution in [-0.2, 0) is 37.0 Å². The maximum Gasteiger partial charge on any atom is 0.410 e. The van der Waals surface area contributed by atoms with Crippen LogP contribution in [0.15, 0.2) is 30.3 Å². The molecule has 16 heteroatoms. The lowest BCUT2D eigenvalue weighted by Crippen LogP contribution is -2.56. The van der Waals surface area contributed by atoms with Crippen molar-refractivity contribution >= 4 is 29.8 Å². The number of nitrogens with one attached hydrogen (secondary N) is 1. The molecule has 3 amide bonds. The molecule has 1 unspecified atom stereocenters. The molecule has 2 atom stereocenters. The van der Waals surface area contributed by atoms with Crippen molar-refractivity contribution in [2.24, 2.45) is 0 Å². The van der Waals surface area contributed by atoms with Crippen molar-refractivity contribution in [2.45, 2.75) is 97.4 Å². The van der Waals surface area contributed by atoms with Crippen LogP contribution in [-0.4, -0.2) is 121 Å². The van der Waals surface area contributed by atoms with Crippen LogP contribution in [0.4, 0.5) is 9.59 Å². The number of likely N-dealkylation sites (tertiary alicyclic amines) is 1. The summed E-state index contributed by atoms with van der Waals surface area (Å²) >= 11 is 0. The molecule has 2 saturated heterocycles. The predicted octanol–water partition coefficient (Wildman–Crippen LogP) is 2.38. The summed E-state index contributed by atoms with van der Waals surface area (Å²) in [5, 5.41) is 14.4. The SMILES string of the molecule is CC(C)(C)OC(=O)CC(NC(=O)OCc1ccccc1)C(=O)Cn1nnc(C(=O)N2CCC[C@@H]2N2CCN(C(=O)OC(C)(C)C)CC2)n1. The van der Waals surface area contributed by atoms with Crippen molar-refractivity contribution in [1.82, 2.24) is 40.2 Å². The number of hydrogen-bond acceptors (Lipinski definition) is 12. The molecule has 1 N–H and O–H groups in total. The number of tetrazole rings is 1. The minimum atomic E-state index is -1.31. The van der Waals surface area contributed by atoms with Gasteiger partial charge in [0.15, 0.2) is 5.78 Å². The number of esters is 1. The second kappa shape index (κ2) is 15.5. The first-order valence-electron chi connectivity index (χ1n) is 16.1. The molecule has 48 heavy (non-hydrogen) atoms. The minimum absolute atomic E-state index is 0.0347. The third kappa shape index (κ3) is 10.7. The van der Waals surface area contributed by atoms with E-state index in [0.717, 1.165) is 23.2 Å². The van der Waals surface area contributed by atoms with E-state index in [4.69, 9.17) is 14.2 Å². The summed E-state index contributed by atoms with van der Waals surface area (Å²) in [5.41, 5.74) is -0.641. The second-order valence-corrected chi connectivity index (χ2v) is 13.8. The van der Waals surface area contributed by atoms with E-state index in [0.29, 0.717) is 32.7 Å². The Hall–Kier alpha value is -4.60. The molecule has 1 aromatic heterocycles. The number of ketones is 1. The van der Waals surface area contributed by atoms with E-state index in [1.807, 2.05) is 26.8 Å². The highest BCUT2D eigenvalue weighted by Crippen LogP contribution is 2.24. The molecule has 2 aliphatic heterocycles. The minimum Gasteiger partial charge on any atom is -0.460 e. The lowest BCUT2D eigenvalue weighted by molar-refractivity contribution is -0.156. The number of nitrogens with zero attached hydrogens (tertiary/aromatic N) is 7.